The zero-order chi connectivity index (χ0) is 14.8. The van der Waals surface area contributed by atoms with E-state index in [9.17, 15) is 0 Å². The van der Waals surface area contributed by atoms with E-state index in [1.54, 1.807) is 7.11 Å². The first-order valence-corrected chi connectivity index (χ1v) is 8.33. The van der Waals surface area contributed by atoms with Crippen molar-refractivity contribution in [1.29, 1.82) is 0 Å². The van der Waals surface area contributed by atoms with E-state index in [0.717, 1.165) is 57.0 Å². The number of hydrogen-bond acceptors (Lipinski definition) is 3. The lowest BCUT2D eigenvalue weighted by Gasteiger charge is -2.37. The standard InChI is InChI=1S/C17H34O3/c1-14(2)16-8-7-15(3)13-17(16)20-12-6-11-19-10-5-9-18-4/h14-17H,5-13H2,1-4H3. The second-order valence-corrected chi connectivity index (χ2v) is 6.55. The third-order valence-corrected chi connectivity index (χ3v) is 4.36. The molecule has 0 N–H and O–H groups in total. The molecule has 1 aliphatic rings. The van der Waals surface area contributed by atoms with Crippen molar-refractivity contribution in [2.75, 3.05) is 33.5 Å². The normalized spacial score (nSPS) is 27.1. The maximum atomic E-state index is 6.15. The van der Waals surface area contributed by atoms with Crippen molar-refractivity contribution in [3.8, 4) is 0 Å². The Morgan fingerprint density at radius 1 is 1.00 bits per heavy atom. The Hall–Kier alpha value is -0.120. The molecule has 0 spiro atoms. The summed E-state index contributed by atoms with van der Waals surface area (Å²) in [6, 6.07) is 0. The summed E-state index contributed by atoms with van der Waals surface area (Å²) < 4.78 is 16.7. The van der Waals surface area contributed by atoms with Crippen molar-refractivity contribution in [3.63, 3.8) is 0 Å². The van der Waals surface area contributed by atoms with Crippen molar-refractivity contribution in [3.05, 3.63) is 0 Å². The van der Waals surface area contributed by atoms with Crippen LogP contribution in [0.15, 0.2) is 0 Å². The van der Waals surface area contributed by atoms with Crippen LogP contribution in [0.5, 0.6) is 0 Å². The Bertz CT molecular complexity index is 230. The molecule has 1 aliphatic carbocycles. The van der Waals surface area contributed by atoms with Gasteiger partial charge in [-0.3, -0.25) is 0 Å². The van der Waals surface area contributed by atoms with Crippen LogP contribution in [0.2, 0.25) is 0 Å². The van der Waals surface area contributed by atoms with Gasteiger partial charge in [0.05, 0.1) is 6.10 Å². The highest BCUT2D eigenvalue weighted by atomic mass is 16.5. The van der Waals surface area contributed by atoms with Crippen LogP contribution in [0.3, 0.4) is 0 Å². The zero-order valence-electron chi connectivity index (χ0n) is 13.9. The second-order valence-electron chi connectivity index (χ2n) is 6.55. The van der Waals surface area contributed by atoms with E-state index in [-0.39, 0.29) is 0 Å². The van der Waals surface area contributed by atoms with Gasteiger partial charge in [-0.1, -0.05) is 27.2 Å². The van der Waals surface area contributed by atoms with Gasteiger partial charge in [0.15, 0.2) is 0 Å². The van der Waals surface area contributed by atoms with E-state index < -0.39 is 0 Å². The Balaban J connectivity index is 2.09. The maximum Gasteiger partial charge on any atom is 0.0608 e. The molecule has 0 amide bonds. The molecule has 3 heteroatoms. The summed E-state index contributed by atoms with van der Waals surface area (Å²) in [5.74, 6) is 2.30. The van der Waals surface area contributed by atoms with Crippen LogP contribution >= 0.6 is 0 Å². The van der Waals surface area contributed by atoms with Crippen LogP contribution in [0.4, 0.5) is 0 Å². The van der Waals surface area contributed by atoms with Crippen LogP contribution in [-0.2, 0) is 14.2 Å². The summed E-state index contributed by atoms with van der Waals surface area (Å²) in [5.41, 5.74) is 0. The molecule has 3 unspecified atom stereocenters. The molecular formula is C17H34O3. The van der Waals surface area contributed by atoms with Crippen molar-refractivity contribution >= 4 is 0 Å². The lowest BCUT2D eigenvalue weighted by molar-refractivity contribution is -0.0446. The molecule has 0 saturated heterocycles. The van der Waals surface area contributed by atoms with Crippen molar-refractivity contribution in [2.24, 2.45) is 17.8 Å². The molecule has 3 nitrogen and oxygen atoms in total. The molecule has 0 bridgehead atoms. The SMILES string of the molecule is COCCCOCCCOC1CC(C)CCC1C(C)C. The molecule has 0 heterocycles. The van der Waals surface area contributed by atoms with Crippen molar-refractivity contribution < 1.29 is 14.2 Å². The molecule has 0 aromatic heterocycles. The van der Waals surface area contributed by atoms with Gasteiger partial charge >= 0.3 is 0 Å². The van der Waals surface area contributed by atoms with E-state index in [4.69, 9.17) is 14.2 Å². The number of methoxy groups -OCH3 is 1. The van der Waals surface area contributed by atoms with Gasteiger partial charge in [-0.05, 0) is 43.4 Å². The molecular weight excluding hydrogens is 252 g/mol. The third kappa shape index (κ3) is 7.05. The summed E-state index contributed by atoms with van der Waals surface area (Å²) >= 11 is 0. The van der Waals surface area contributed by atoms with Crippen LogP contribution < -0.4 is 0 Å². The highest BCUT2D eigenvalue weighted by Crippen LogP contribution is 2.35. The molecule has 3 atom stereocenters. The van der Waals surface area contributed by atoms with Crippen LogP contribution in [-0.4, -0.2) is 39.6 Å². The quantitative estimate of drug-likeness (QED) is 0.570. The topological polar surface area (TPSA) is 27.7 Å². The summed E-state index contributed by atoms with van der Waals surface area (Å²) in [6.45, 7) is 10.2. The van der Waals surface area contributed by atoms with Gasteiger partial charge in [0.1, 0.15) is 0 Å². The fourth-order valence-corrected chi connectivity index (χ4v) is 3.11. The molecule has 1 rings (SSSR count). The monoisotopic (exact) mass is 286 g/mol. The van der Waals surface area contributed by atoms with Gasteiger partial charge in [-0.25, -0.2) is 0 Å². The highest BCUT2D eigenvalue weighted by molar-refractivity contribution is 4.81. The molecule has 20 heavy (non-hydrogen) atoms. The lowest BCUT2D eigenvalue weighted by atomic mass is 9.75. The van der Waals surface area contributed by atoms with Gasteiger partial charge in [0, 0.05) is 33.5 Å². The minimum atomic E-state index is 0.465. The first kappa shape index (κ1) is 17.9. The molecule has 120 valence electrons. The summed E-state index contributed by atoms with van der Waals surface area (Å²) in [5, 5.41) is 0. The Morgan fingerprint density at radius 2 is 1.70 bits per heavy atom. The fraction of sp³-hybridized carbons (Fsp3) is 1.00. The molecule has 0 aliphatic heterocycles. The van der Waals surface area contributed by atoms with Gasteiger partial charge in [0.25, 0.3) is 0 Å². The van der Waals surface area contributed by atoms with Crippen LogP contribution in [0.25, 0.3) is 0 Å². The Kier molecular flexibility index (Phi) is 9.49. The van der Waals surface area contributed by atoms with E-state index in [1.165, 1.54) is 19.3 Å². The predicted molar refractivity (Wildman–Crippen MR) is 83.0 cm³/mol. The average molecular weight is 286 g/mol. The largest absolute Gasteiger partial charge is 0.385 e. The molecule has 0 radical (unpaired) electrons. The lowest BCUT2D eigenvalue weighted by Crippen LogP contribution is -2.34. The van der Waals surface area contributed by atoms with Crippen molar-refractivity contribution in [2.45, 2.75) is 59.0 Å². The molecule has 0 aromatic rings. The van der Waals surface area contributed by atoms with Crippen LogP contribution in [0.1, 0.15) is 52.9 Å². The zero-order valence-corrected chi connectivity index (χ0v) is 13.9. The second kappa shape index (κ2) is 10.6. The summed E-state index contributed by atoms with van der Waals surface area (Å²) in [7, 11) is 1.73. The predicted octanol–water partition coefficient (Wildman–Crippen LogP) is 3.91. The molecule has 1 saturated carbocycles. The molecule has 0 aromatic carbocycles. The Morgan fingerprint density at radius 3 is 2.35 bits per heavy atom. The number of hydrogen-bond donors (Lipinski definition) is 0. The van der Waals surface area contributed by atoms with E-state index >= 15 is 0 Å². The minimum absolute atomic E-state index is 0.465. The summed E-state index contributed by atoms with van der Waals surface area (Å²) in [6.07, 6.45) is 6.38. The Labute approximate surface area is 125 Å². The minimum Gasteiger partial charge on any atom is -0.385 e. The van der Waals surface area contributed by atoms with Crippen molar-refractivity contribution in [1.82, 2.24) is 0 Å². The van der Waals surface area contributed by atoms with Gasteiger partial charge in [0.2, 0.25) is 0 Å². The number of ether oxygens (including phenoxy) is 3. The highest BCUT2D eigenvalue weighted by Gasteiger charge is 2.31. The smallest absolute Gasteiger partial charge is 0.0608 e. The van der Waals surface area contributed by atoms with Gasteiger partial charge in [-0.2, -0.15) is 0 Å². The first-order valence-electron chi connectivity index (χ1n) is 8.33. The third-order valence-electron chi connectivity index (χ3n) is 4.36. The first-order chi connectivity index (χ1) is 9.65. The van der Waals surface area contributed by atoms with E-state index in [1.807, 2.05) is 0 Å². The summed E-state index contributed by atoms with van der Waals surface area (Å²) in [4.78, 5) is 0. The molecule has 1 fully saturated rings. The number of rotatable bonds is 10. The fourth-order valence-electron chi connectivity index (χ4n) is 3.11. The van der Waals surface area contributed by atoms with Gasteiger partial charge in [-0.15, -0.1) is 0 Å². The van der Waals surface area contributed by atoms with Gasteiger partial charge < -0.3 is 14.2 Å². The van der Waals surface area contributed by atoms with E-state index in [0.29, 0.717) is 6.10 Å². The van der Waals surface area contributed by atoms with E-state index in [2.05, 4.69) is 20.8 Å². The van der Waals surface area contributed by atoms with Crippen LogP contribution in [0, 0.1) is 17.8 Å². The average Bonchev–Trinajstić information content (AvgIpc) is 2.41. The maximum absolute atomic E-state index is 6.15.